The summed E-state index contributed by atoms with van der Waals surface area (Å²) in [5, 5.41) is 43.4. The molecule has 60 heavy (non-hydrogen) atoms. The van der Waals surface area contributed by atoms with Crippen LogP contribution in [0.5, 0.6) is 0 Å². The van der Waals surface area contributed by atoms with Crippen molar-refractivity contribution in [3.05, 3.63) is 0 Å². The normalized spacial score (nSPS) is 49.6. The van der Waals surface area contributed by atoms with Gasteiger partial charge in [0, 0.05) is 28.4 Å². The molecule has 0 aromatic heterocycles. The number of aliphatic hydroxyl groups is 4. The smallest absolute Gasteiger partial charge is 0.186 e. The molecule has 8 saturated heterocycles. The second-order valence-electron chi connectivity index (χ2n) is 18.5. The minimum Gasteiger partial charge on any atom is -0.388 e. The maximum Gasteiger partial charge on any atom is 0.186 e. The van der Waals surface area contributed by atoms with Gasteiger partial charge in [-0.2, -0.15) is 0 Å². The number of fused-ring (bicyclic) bond motifs is 4. The maximum absolute atomic E-state index is 10.8. The van der Waals surface area contributed by atoms with Crippen LogP contribution in [-0.4, -0.2) is 195 Å². The fourth-order valence-electron chi connectivity index (χ4n) is 9.71. The van der Waals surface area contributed by atoms with Gasteiger partial charge in [0.15, 0.2) is 48.3 Å². The van der Waals surface area contributed by atoms with Crippen molar-refractivity contribution < 1.29 is 96.2 Å². The first-order chi connectivity index (χ1) is 28.1. The summed E-state index contributed by atoms with van der Waals surface area (Å²) >= 11 is 0. The molecule has 8 rings (SSSR count). The quantitative estimate of drug-likeness (QED) is 0.235. The second kappa shape index (κ2) is 17.9. The van der Waals surface area contributed by atoms with Gasteiger partial charge < -0.3 is 96.2 Å². The Labute approximate surface area is 351 Å². The van der Waals surface area contributed by atoms with Crippen LogP contribution in [0.1, 0.15) is 81.1 Å². The highest BCUT2D eigenvalue weighted by Gasteiger charge is 2.59. The fraction of sp³-hybridized carbons (Fsp3) is 1.00. The summed E-state index contributed by atoms with van der Waals surface area (Å²) in [5.41, 5.74) is 0. The molecule has 0 amide bonds. The molecule has 20 nitrogen and oxygen atoms in total. The van der Waals surface area contributed by atoms with E-state index in [2.05, 4.69) is 0 Å². The zero-order chi connectivity index (χ0) is 43.7. The van der Waals surface area contributed by atoms with E-state index in [9.17, 15) is 20.4 Å². The van der Waals surface area contributed by atoms with E-state index in [0.29, 0.717) is 25.7 Å². The van der Waals surface area contributed by atoms with Crippen molar-refractivity contribution in [2.75, 3.05) is 28.4 Å². The molecule has 4 N–H and O–H groups in total. The minimum atomic E-state index is -0.903. The molecule has 0 bridgehead atoms. The summed E-state index contributed by atoms with van der Waals surface area (Å²) in [6.45, 7) is 14.3. The third kappa shape index (κ3) is 9.60. The number of aliphatic hydroxyl groups excluding tert-OH is 4. The van der Waals surface area contributed by atoms with Gasteiger partial charge in [-0.15, -0.1) is 0 Å². The van der Waals surface area contributed by atoms with Crippen molar-refractivity contribution in [2.24, 2.45) is 0 Å². The average Bonchev–Trinajstić information content (AvgIpc) is 3.91. The van der Waals surface area contributed by atoms with Crippen molar-refractivity contribution in [2.45, 2.75) is 227 Å². The highest BCUT2D eigenvalue weighted by molar-refractivity contribution is 5.01. The molecule has 0 aromatic carbocycles. The van der Waals surface area contributed by atoms with Crippen LogP contribution < -0.4 is 0 Å². The Kier molecular flexibility index (Phi) is 14.1. The molecule has 0 aromatic rings. The van der Waals surface area contributed by atoms with Gasteiger partial charge in [-0.3, -0.25) is 0 Å². The van der Waals surface area contributed by atoms with Crippen LogP contribution >= 0.6 is 0 Å². The predicted molar refractivity (Wildman–Crippen MR) is 200 cm³/mol. The van der Waals surface area contributed by atoms with Crippen LogP contribution in [-0.2, 0) is 75.8 Å². The second-order valence-corrected chi connectivity index (χ2v) is 18.5. The van der Waals surface area contributed by atoms with Crippen LogP contribution in [0.25, 0.3) is 0 Å². The Morgan fingerprint density at radius 3 is 0.650 bits per heavy atom. The third-order valence-corrected chi connectivity index (χ3v) is 12.2. The number of hydrogen-bond donors (Lipinski definition) is 4. The largest absolute Gasteiger partial charge is 0.388 e. The lowest BCUT2D eigenvalue weighted by Gasteiger charge is -2.42. The Morgan fingerprint density at radius 1 is 0.317 bits per heavy atom. The summed E-state index contributed by atoms with van der Waals surface area (Å²) in [6.07, 6.45) is -11.2. The Hall–Kier alpha value is -0.800. The Bertz CT molecular complexity index is 1220. The summed E-state index contributed by atoms with van der Waals surface area (Å²) in [5.74, 6) is -3.33. The lowest BCUT2D eigenvalue weighted by Crippen LogP contribution is -2.58. The molecule has 20 heteroatoms. The van der Waals surface area contributed by atoms with Crippen molar-refractivity contribution >= 4 is 0 Å². The van der Waals surface area contributed by atoms with Gasteiger partial charge in [-0.25, -0.2) is 0 Å². The molecule has 8 aliphatic heterocycles. The number of rotatable bonds is 10. The lowest BCUT2D eigenvalue weighted by atomic mass is 9.91. The van der Waals surface area contributed by atoms with Gasteiger partial charge in [-0.05, 0) is 81.1 Å². The molecule has 0 aliphatic carbocycles. The number of ether oxygens (including phenoxy) is 16. The van der Waals surface area contributed by atoms with E-state index in [1.54, 1.807) is 55.4 Å². The van der Waals surface area contributed by atoms with E-state index in [-0.39, 0.29) is 0 Å². The van der Waals surface area contributed by atoms with E-state index in [1.165, 1.54) is 28.4 Å². The van der Waals surface area contributed by atoms with Crippen molar-refractivity contribution in [1.82, 2.24) is 0 Å². The zero-order valence-electron chi connectivity index (χ0n) is 36.7. The van der Waals surface area contributed by atoms with E-state index in [4.69, 9.17) is 75.8 Å². The predicted octanol–water partition coefficient (Wildman–Crippen LogP) is 0.542. The van der Waals surface area contributed by atoms with Crippen LogP contribution in [0.4, 0.5) is 0 Å². The van der Waals surface area contributed by atoms with Gasteiger partial charge in [0.2, 0.25) is 0 Å². The summed E-state index contributed by atoms with van der Waals surface area (Å²) in [6, 6.07) is 0. The fourth-order valence-corrected chi connectivity index (χ4v) is 9.71. The molecule has 0 unspecified atom stereocenters. The van der Waals surface area contributed by atoms with Gasteiger partial charge >= 0.3 is 0 Å². The first kappa shape index (κ1) is 47.2. The molecule has 348 valence electrons. The molecule has 0 spiro atoms. The molecule has 8 fully saturated rings. The van der Waals surface area contributed by atoms with E-state index < -0.39 is 146 Å². The van der Waals surface area contributed by atoms with Gasteiger partial charge in [-0.1, -0.05) is 0 Å². The molecular weight excluding hydrogens is 800 g/mol. The number of methoxy groups -OCH3 is 4. The third-order valence-electron chi connectivity index (χ3n) is 12.2. The highest BCUT2D eigenvalue weighted by Crippen LogP contribution is 2.43. The van der Waals surface area contributed by atoms with Gasteiger partial charge in [0.05, 0.1) is 24.4 Å². The zero-order valence-corrected chi connectivity index (χ0v) is 36.7. The topological polar surface area (TPSA) is 229 Å². The van der Waals surface area contributed by atoms with Gasteiger partial charge in [0.25, 0.3) is 0 Å². The molecule has 0 saturated carbocycles. The summed E-state index contributed by atoms with van der Waals surface area (Å²) in [7, 11) is 6.12. The van der Waals surface area contributed by atoms with E-state index in [1.807, 2.05) is 0 Å². The standard InChI is InChI=1S/2C20H34O10/c2*1-19(2)27-13-11(21)9(25-17(23-5)15(13)29-19)7-8-10-12(22)14-16(18(24-6)26-10)30-20(3,4)28-14/h2*9-18,21-22H,7-8H2,1-6H3/t2*9-,10-,11-,12-,13+,14+,15+,16+,17+,18+/m11/s1. The van der Waals surface area contributed by atoms with Crippen molar-refractivity contribution in [3.63, 3.8) is 0 Å². The first-order valence-corrected chi connectivity index (χ1v) is 21.0. The molecular formula is C40H68O20. The molecule has 20 atom stereocenters. The van der Waals surface area contributed by atoms with Crippen LogP contribution in [0.3, 0.4) is 0 Å². The van der Waals surface area contributed by atoms with E-state index >= 15 is 0 Å². The van der Waals surface area contributed by atoms with Gasteiger partial charge in [0.1, 0.15) is 73.2 Å². The SMILES string of the molecule is CO[C@H]1O[C@H](CC[C@H]2O[C@H](OC)[C@H]3OC(C)(C)O[C@H]3[C@@H]2O)[C@@H](O)[C@@H]2OC(C)(C)O[C@H]12.CO[C@H]1O[C@H](CC[C@H]2O[C@H](OC)[C@H]3OC(C)(C)O[C@H]3[C@@H]2O)[C@@H](O)[C@@H]2OC(C)(C)O[C@H]12. The number of hydrogen-bond acceptors (Lipinski definition) is 20. The van der Waals surface area contributed by atoms with Crippen LogP contribution in [0.15, 0.2) is 0 Å². The average molecular weight is 869 g/mol. The van der Waals surface area contributed by atoms with Crippen molar-refractivity contribution in [3.8, 4) is 0 Å². The highest BCUT2D eigenvalue weighted by atomic mass is 16.8. The van der Waals surface area contributed by atoms with Crippen LogP contribution in [0.2, 0.25) is 0 Å². The molecule has 0 radical (unpaired) electrons. The Balaban J connectivity index is 0.000000181. The first-order valence-electron chi connectivity index (χ1n) is 21.0. The molecule has 8 heterocycles. The van der Waals surface area contributed by atoms with Crippen LogP contribution in [0, 0.1) is 0 Å². The lowest BCUT2D eigenvalue weighted by molar-refractivity contribution is -0.280. The molecule has 8 aliphatic rings. The van der Waals surface area contributed by atoms with E-state index in [0.717, 1.165) is 0 Å². The maximum atomic E-state index is 10.8. The monoisotopic (exact) mass is 868 g/mol. The summed E-state index contributed by atoms with van der Waals surface area (Å²) < 4.78 is 92.4. The summed E-state index contributed by atoms with van der Waals surface area (Å²) in [4.78, 5) is 0. The Morgan fingerprint density at radius 2 is 0.483 bits per heavy atom. The van der Waals surface area contributed by atoms with Crippen molar-refractivity contribution in [1.29, 1.82) is 0 Å². The minimum absolute atomic E-state index is 0.411.